The quantitative estimate of drug-likeness (QED) is 0.621. The van der Waals surface area contributed by atoms with E-state index in [4.69, 9.17) is 10.2 Å². The van der Waals surface area contributed by atoms with Crippen LogP contribution in [0.4, 0.5) is 4.39 Å². The Morgan fingerprint density at radius 3 is 2.07 bits per heavy atom. The minimum atomic E-state index is -1.82. The van der Waals surface area contributed by atoms with Gasteiger partial charge in [-0.1, -0.05) is 13.3 Å². The fourth-order valence-electron chi connectivity index (χ4n) is 1.02. The molecule has 0 aliphatic rings. The molecule has 0 aromatic rings. The van der Waals surface area contributed by atoms with Gasteiger partial charge in [-0.25, -0.2) is 9.18 Å². The van der Waals surface area contributed by atoms with Gasteiger partial charge in [0.25, 0.3) is 0 Å². The van der Waals surface area contributed by atoms with Crippen molar-refractivity contribution >= 4 is 11.9 Å². The predicted molar refractivity (Wildman–Crippen MR) is 47.8 cm³/mol. The number of unbranched alkanes of at least 4 members (excludes halogenated alkanes) is 1. The van der Waals surface area contributed by atoms with Gasteiger partial charge in [-0.2, -0.15) is 0 Å². The monoisotopic (exact) mass is 206 g/mol. The molecule has 1 unspecified atom stereocenters. The zero-order valence-electron chi connectivity index (χ0n) is 8.07. The van der Waals surface area contributed by atoms with Crippen molar-refractivity contribution in [2.75, 3.05) is 0 Å². The number of alkyl halides is 1. The van der Waals surface area contributed by atoms with Gasteiger partial charge >= 0.3 is 11.9 Å². The van der Waals surface area contributed by atoms with Gasteiger partial charge in [-0.15, -0.1) is 0 Å². The zero-order chi connectivity index (χ0) is 11.1. The molecular formula is C9H15FO4. The molecule has 14 heavy (non-hydrogen) atoms. The van der Waals surface area contributed by atoms with Gasteiger partial charge < -0.3 is 10.2 Å². The van der Waals surface area contributed by atoms with E-state index in [1.54, 1.807) is 6.92 Å². The maximum atomic E-state index is 12.5. The highest BCUT2D eigenvalue weighted by atomic mass is 19.1. The van der Waals surface area contributed by atoms with Gasteiger partial charge in [0.05, 0.1) is 5.92 Å². The first-order chi connectivity index (χ1) is 6.45. The highest BCUT2D eigenvalue weighted by molar-refractivity contribution is 5.72. The van der Waals surface area contributed by atoms with Crippen molar-refractivity contribution in [3.8, 4) is 0 Å². The van der Waals surface area contributed by atoms with E-state index < -0.39 is 24.0 Å². The summed E-state index contributed by atoms with van der Waals surface area (Å²) in [7, 11) is 0. The van der Waals surface area contributed by atoms with Crippen LogP contribution in [0.15, 0.2) is 0 Å². The minimum absolute atomic E-state index is 0.0400. The van der Waals surface area contributed by atoms with E-state index in [-0.39, 0.29) is 6.42 Å². The highest BCUT2D eigenvalue weighted by Crippen LogP contribution is 2.12. The first kappa shape index (κ1) is 12.9. The first-order valence-corrected chi connectivity index (χ1v) is 4.54. The third-order valence-corrected chi connectivity index (χ3v) is 2.03. The van der Waals surface area contributed by atoms with Crippen LogP contribution in [0.2, 0.25) is 0 Å². The molecule has 0 fully saturated rings. The van der Waals surface area contributed by atoms with Crippen LogP contribution in [0.25, 0.3) is 0 Å². The molecule has 0 spiro atoms. The maximum Gasteiger partial charge on any atom is 0.338 e. The summed E-state index contributed by atoms with van der Waals surface area (Å²) < 4.78 is 12.5. The lowest BCUT2D eigenvalue weighted by Crippen LogP contribution is -2.14. The number of carboxylic acid groups (broad SMARTS) is 2. The summed E-state index contributed by atoms with van der Waals surface area (Å²) in [6.45, 7) is 1.58. The smallest absolute Gasteiger partial charge is 0.338 e. The van der Waals surface area contributed by atoms with E-state index in [2.05, 4.69) is 0 Å². The van der Waals surface area contributed by atoms with E-state index in [0.29, 0.717) is 19.3 Å². The summed E-state index contributed by atoms with van der Waals surface area (Å²) >= 11 is 0. The molecule has 0 aliphatic carbocycles. The standard InChI is InChI=1S/C9H15FO4/c1-6(8(11)12)4-2-3-5-7(10)9(13)14/h6-7H,2-5H2,1H3,(H,11,12)(H,13,14)/t6?,7-/m1/s1. The Balaban J connectivity index is 3.47. The maximum absolute atomic E-state index is 12.5. The molecule has 0 aromatic carbocycles. The lowest BCUT2D eigenvalue weighted by Gasteiger charge is -2.06. The Morgan fingerprint density at radius 1 is 1.14 bits per heavy atom. The summed E-state index contributed by atoms with van der Waals surface area (Å²) in [6, 6.07) is 0. The fourth-order valence-corrected chi connectivity index (χ4v) is 1.02. The Morgan fingerprint density at radius 2 is 1.64 bits per heavy atom. The van der Waals surface area contributed by atoms with Gasteiger partial charge in [-0.05, 0) is 19.3 Å². The van der Waals surface area contributed by atoms with E-state index in [0.717, 1.165) is 0 Å². The molecule has 0 aromatic heterocycles. The molecule has 0 saturated carbocycles. The van der Waals surface area contributed by atoms with Crippen LogP contribution >= 0.6 is 0 Å². The van der Waals surface area contributed by atoms with Gasteiger partial charge in [0.2, 0.25) is 0 Å². The number of hydrogen-bond acceptors (Lipinski definition) is 2. The summed E-state index contributed by atoms with van der Waals surface area (Å²) in [5, 5.41) is 16.7. The largest absolute Gasteiger partial charge is 0.481 e. The van der Waals surface area contributed by atoms with Crippen LogP contribution in [0.3, 0.4) is 0 Å². The van der Waals surface area contributed by atoms with Gasteiger partial charge in [0.1, 0.15) is 0 Å². The second-order valence-corrected chi connectivity index (χ2v) is 3.33. The highest BCUT2D eigenvalue weighted by Gasteiger charge is 2.15. The van der Waals surface area contributed by atoms with Gasteiger partial charge in [-0.3, -0.25) is 4.79 Å². The molecule has 0 radical (unpaired) electrons. The molecule has 2 N–H and O–H groups in total. The van der Waals surface area contributed by atoms with Crippen molar-refractivity contribution in [2.24, 2.45) is 5.92 Å². The van der Waals surface area contributed by atoms with Gasteiger partial charge in [0, 0.05) is 0 Å². The zero-order valence-corrected chi connectivity index (χ0v) is 8.07. The minimum Gasteiger partial charge on any atom is -0.481 e. The first-order valence-electron chi connectivity index (χ1n) is 4.54. The average molecular weight is 206 g/mol. The molecular weight excluding hydrogens is 191 g/mol. The summed E-state index contributed by atoms with van der Waals surface area (Å²) in [4.78, 5) is 20.4. The SMILES string of the molecule is CC(CCCC[C@@H](F)C(=O)O)C(=O)O. The number of rotatable bonds is 7. The Kier molecular flexibility index (Phi) is 5.83. The number of halogens is 1. The molecule has 2 atom stereocenters. The summed E-state index contributed by atoms with van der Waals surface area (Å²) in [5.41, 5.74) is 0. The Labute approximate surface area is 81.7 Å². The van der Waals surface area contributed by atoms with Crippen LogP contribution < -0.4 is 0 Å². The Hall–Kier alpha value is -1.13. The number of aliphatic carboxylic acids is 2. The van der Waals surface area contributed by atoms with Crippen molar-refractivity contribution < 1.29 is 24.2 Å². The average Bonchev–Trinajstić information content (AvgIpc) is 2.11. The molecule has 82 valence electrons. The lowest BCUT2D eigenvalue weighted by molar-refractivity contribution is -0.143. The van der Waals surface area contributed by atoms with Crippen LogP contribution in [0.1, 0.15) is 32.6 Å². The molecule has 0 bridgehead atoms. The number of hydrogen-bond donors (Lipinski definition) is 2. The molecule has 5 heteroatoms. The van der Waals surface area contributed by atoms with E-state index in [1.807, 2.05) is 0 Å². The third kappa shape index (κ3) is 5.50. The van der Waals surface area contributed by atoms with Crippen molar-refractivity contribution in [1.82, 2.24) is 0 Å². The molecule has 0 saturated heterocycles. The molecule has 0 aliphatic heterocycles. The summed E-state index contributed by atoms with van der Waals surface area (Å²) in [6.07, 6.45) is -0.453. The normalized spacial score (nSPS) is 14.7. The van der Waals surface area contributed by atoms with Crippen molar-refractivity contribution in [1.29, 1.82) is 0 Å². The van der Waals surface area contributed by atoms with Crippen LogP contribution in [-0.2, 0) is 9.59 Å². The predicted octanol–water partition coefficient (Wildman–Crippen LogP) is 1.69. The fraction of sp³-hybridized carbons (Fsp3) is 0.778. The molecule has 0 amide bonds. The molecule has 0 heterocycles. The van der Waals surface area contributed by atoms with Crippen molar-refractivity contribution in [2.45, 2.75) is 38.8 Å². The number of carbonyl (C=O) groups is 2. The molecule has 0 rings (SSSR count). The molecule has 4 nitrogen and oxygen atoms in total. The Bertz CT molecular complexity index is 183. The third-order valence-electron chi connectivity index (χ3n) is 2.03. The topological polar surface area (TPSA) is 74.6 Å². The van der Waals surface area contributed by atoms with E-state index in [9.17, 15) is 14.0 Å². The van der Waals surface area contributed by atoms with Crippen molar-refractivity contribution in [3.63, 3.8) is 0 Å². The second-order valence-electron chi connectivity index (χ2n) is 3.33. The number of carboxylic acids is 2. The van der Waals surface area contributed by atoms with Crippen LogP contribution in [0, 0.1) is 5.92 Å². The van der Waals surface area contributed by atoms with E-state index in [1.165, 1.54) is 0 Å². The van der Waals surface area contributed by atoms with Gasteiger partial charge in [0.15, 0.2) is 6.17 Å². The summed E-state index contributed by atoms with van der Waals surface area (Å²) in [5.74, 6) is -2.77. The van der Waals surface area contributed by atoms with E-state index >= 15 is 0 Å². The van der Waals surface area contributed by atoms with Crippen LogP contribution in [-0.4, -0.2) is 28.3 Å². The van der Waals surface area contributed by atoms with Crippen LogP contribution in [0.5, 0.6) is 0 Å². The van der Waals surface area contributed by atoms with Crippen molar-refractivity contribution in [3.05, 3.63) is 0 Å². The second kappa shape index (κ2) is 6.34. The lowest BCUT2D eigenvalue weighted by atomic mass is 10.0.